The SMILES string of the molecule is CC1CCN(C(N)=NC2CC(F)(F)C2)CC1.I. The predicted molar refractivity (Wildman–Crippen MR) is 75.0 cm³/mol. The molecule has 2 aliphatic rings. The van der Waals surface area contributed by atoms with Gasteiger partial charge in [-0.1, -0.05) is 6.92 Å². The molecule has 1 saturated carbocycles. The maximum atomic E-state index is 12.6. The van der Waals surface area contributed by atoms with Crippen molar-refractivity contribution in [1.29, 1.82) is 0 Å². The fraction of sp³-hybridized carbons (Fsp3) is 0.909. The summed E-state index contributed by atoms with van der Waals surface area (Å²) in [5.41, 5.74) is 5.82. The highest BCUT2D eigenvalue weighted by Crippen LogP contribution is 2.39. The van der Waals surface area contributed by atoms with E-state index < -0.39 is 5.92 Å². The van der Waals surface area contributed by atoms with Crippen molar-refractivity contribution in [1.82, 2.24) is 4.90 Å². The van der Waals surface area contributed by atoms with Crippen LogP contribution in [0.25, 0.3) is 0 Å². The van der Waals surface area contributed by atoms with Crippen molar-refractivity contribution < 1.29 is 8.78 Å². The summed E-state index contributed by atoms with van der Waals surface area (Å²) < 4.78 is 25.2. The molecule has 0 amide bonds. The lowest BCUT2D eigenvalue weighted by Crippen LogP contribution is -2.45. The summed E-state index contributed by atoms with van der Waals surface area (Å²) in [7, 11) is 0. The molecule has 0 unspecified atom stereocenters. The van der Waals surface area contributed by atoms with Gasteiger partial charge < -0.3 is 10.6 Å². The first kappa shape index (κ1) is 14.9. The first-order valence-corrected chi connectivity index (χ1v) is 5.92. The summed E-state index contributed by atoms with van der Waals surface area (Å²) in [5.74, 6) is -1.32. The smallest absolute Gasteiger partial charge is 0.252 e. The fourth-order valence-electron chi connectivity index (χ4n) is 2.23. The number of alkyl halides is 2. The van der Waals surface area contributed by atoms with Gasteiger partial charge in [0.15, 0.2) is 5.96 Å². The lowest BCUT2D eigenvalue weighted by molar-refractivity contribution is -0.0836. The lowest BCUT2D eigenvalue weighted by Gasteiger charge is -2.35. The number of aliphatic imine (C=N–C) groups is 1. The second-order valence-corrected chi connectivity index (χ2v) is 5.07. The normalized spacial score (nSPS) is 26.3. The molecule has 0 aromatic carbocycles. The van der Waals surface area contributed by atoms with E-state index >= 15 is 0 Å². The Morgan fingerprint density at radius 1 is 1.29 bits per heavy atom. The minimum Gasteiger partial charge on any atom is -0.370 e. The Balaban J connectivity index is 0.00000144. The number of hydrogen-bond acceptors (Lipinski definition) is 1. The molecule has 3 nitrogen and oxygen atoms in total. The fourth-order valence-corrected chi connectivity index (χ4v) is 2.23. The van der Waals surface area contributed by atoms with E-state index in [4.69, 9.17) is 5.73 Å². The highest BCUT2D eigenvalue weighted by Gasteiger charge is 2.45. The number of nitrogens with two attached hydrogens (primary N) is 1. The van der Waals surface area contributed by atoms with Gasteiger partial charge in [0.05, 0.1) is 6.04 Å². The lowest BCUT2D eigenvalue weighted by atomic mass is 9.89. The molecule has 0 radical (unpaired) electrons. The summed E-state index contributed by atoms with van der Waals surface area (Å²) in [6.45, 7) is 4.02. The van der Waals surface area contributed by atoms with E-state index in [0.717, 1.165) is 31.8 Å². The van der Waals surface area contributed by atoms with E-state index in [9.17, 15) is 8.78 Å². The summed E-state index contributed by atoms with van der Waals surface area (Å²) in [6, 6.07) is -0.269. The molecule has 6 heteroatoms. The van der Waals surface area contributed by atoms with Gasteiger partial charge in [-0.25, -0.2) is 13.8 Å². The Morgan fingerprint density at radius 2 is 1.82 bits per heavy atom. The van der Waals surface area contributed by atoms with Gasteiger partial charge in [0.1, 0.15) is 0 Å². The highest BCUT2D eigenvalue weighted by atomic mass is 127. The topological polar surface area (TPSA) is 41.6 Å². The van der Waals surface area contributed by atoms with Crippen LogP contribution in [-0.4, -0.2) is 35.9 Å². The van der Waals surface area contributed by atoms with E-state index in [-0.39, 0.29) is 42.9 Å². The molecule has 0 bridgehead atoms. The molecule has 17 heavy (non-hydrogen) atoms. The Morgan fingerprint density at radius 3 is 2.29 bits per heavy atom. The first-order valence-electron chi connectivity index (χ1n) is 5.92. The van der Waals surface area contributed by atoms with Gasteiger partial charge in [-0.05, 0) is 18.8 Å². The zero-order valence-corrected chi connectivity index (χ0v) is 12.4. The van der Waals surface area contributed by atoms with Crippen LogP contribution in [0.5, 0.6) is 0 Å². The molecule has 0 atom stereocenters. The van der Waals surface area contributed by atoms with Crippen molar-refractivity contribution in [2.75, 3.05) is 13.1 Å². The van der Waals surface area contributed by atoms with E-state index in [1.165, 1.54) is 0 Å². The Bertz CT molecular complexity index is 280. The van der Waals surface area contributed by atoms with Gasteiger partial charge in [0, 0.05) is 25.9 Å². The van der Waals surface area contributed by atoms with Gasteiger partial charge >= 0.3 is 0 Å². The molecule has 2 fully saturated rings. The highest BCUT2D eigenvalue weighted by molar-refractivity contribution is 14.0. The van der Waals surface area contributed by atoms with Crippen molar-refractivity contribution >= 4 is 29.9 Å². The van der Waals surface area contributed by atoms with Crippen LogP contribution in [0.1, 0.15) is 32.6 Å². The molecule has 1 aliphatic carbocycles. The molecule has 0 aromatic heterocycles. The van der Waals surface area contributed by atoms with E-state index in [0.29, 0.717) is 5.96 Å². The van der Waals surface area contributed by atoms with Crippen molar-refractivity contribution in [2.24, 2.45) is 16.6 Å². The van der Waals surface area contributed by atoms with Crippen LogP contribution in [0.3, 0.4) is 0 Å². The summed E-state index contributed by atoms with van der Waals surface area (Å²) in [5, 5.41) is 0. The third kappa shape index (κ3) is 3.93. The average molecular weight is 359 g/mol. The standard InChI is InChI=1S/C11H19F2N3.HI/c1-8-2-4-16(5-3-8)10(14)15-9-6-11(12,13)7-9;/h8-9H,2-7H2,1H3,(H2,14,15);1H. The van der Waals surface area contributed by atoms with Gasteiger partial charge in [0.2, 0.25) is 0 Å². The molecular formula is C11H20F2IN3. The van der Waals surface area contributed by atoms with Crippen LogP contribution in [0.15, 0.2) is 4.99 Å². The predicted octanol–water partition coefficient (Wildman–Crippen LogP) is 2.45. The van der Waals surface area contributed by atoms with Crippen LogP contribution in [0, 0.1) is 5.92 Å². The zero-order valence-electron chi connectivity index (χ0n) is 10.0. The maximum Gasteiger partial charge on any atom is 0.252 e. The Hall–Kier alpha value is -0.140. The summed E-state index contributed by atoms with van der Waals surface area (Å²) >= 11 is 0. The van der Waals surface area contributed by atoms with Crippen molar-refractivity contribution in [2.45, 2.75) is 44.6 Å². The average Bonchev–Trinajstić information content (AvgIpc) is 2.15. The van der Waals surface area contributed by atoms with E-state index in [1.807, 2.05) is 4.90 Å². The molecule has 1 heterocycles. The molecule has 2 rings (SSSR count). The Kier molecular flexibility index (Phi) is 4.97. The molecular weight excluding hydrogens is 339 g/mol. The number of hydrogen-bond donors (Lipinski definition) is 1. The van der Waals surface area contributed by atoms with Crippen molar-refractivity contribution in [3.63, 3.8) is 0 Å². The van der Waals surface area contributed by atoms with Crippen LogP contribution in [-0.2, 0) is 0 Å². The monoisotopic (exact) mass is 359 g/mol. The minimum atomic E-state index is -2.51. The number of nitrogens with zero attached hydrogens (tertiary/aromatic N) is 2. The number of piperidine rings is 1. The third-order valence-corrected chi connectivity index (χ3v) is 3.49. The van der Waals surface area contributed by atoms with Gasteiger partial charge in [-0.3, -0.25) is 0 Å². The molecule has 0 aromatic rings. The molecule has 1 saturated heterocycles. The van der Waals surface area contributed by atoms with Gasteiger partial charge in [-0.2, -0.15) is 0 Å². The second kappa shape index (κ2) is 5.67. The van der Waals surface area contributed by atoms with Crippen LogP contribution >= 0.6 is 24.0 Å². The first-order chi connectivity index (χ1) is 7.46. The molecule has 100 valence electrons. The van der Waals surface area contributed by atoms with Crippen LogP contribution in [0.2, 0.25) is 0 Å². The molecule has 1 aliphatic heterocycles. The van der Waals surface area contributed by atoms with Crippen molar-refractivity contribution in [3.8, 4) is 0 Å². The number of guanidine groups is 1. The summed E-state index contributed by atoms with van der Waals surface area (Å²) in [4.78, 5) is 6.18. The summed E-state index contributed by atoms with van der Waals surface area (Å²) in [6.07, 6.45) is 1.93. The van der Waals surface area contributed by atoms with Crippen LogP contribution < -0.4 is 5.73 Å². The third-order valence-electron chi connectivity index (χ3n) is 3.49. The zero-order chi connectivity index (χ0) is 11.8. The number of rotatable bonds is 1. The van der Waals surface area contributed by atoms with E-state index in [2.05, 4.69) is 11.9 Å². The van der Waals surface area contributed by atoms with Crippen LogP contribution in [0.4, 0.5) is 8.78 Å². The quantitative estimate of drug-likeness (QED) is 0.444. The van der Waals surface area contributed by atoms with E-state index in [1.54, 1.807) is 0 Å². The van der Waals surface area contributed by atoms with Crippen molar-refractivity contribution in [3.05, 3.63) is 0 Å². The maximum absolute atomic E-state index is 12.6. The second-order valence-electron chi connectivity index (χ2n) is 5.07. The van der Waals surface area contributed by atoms with Gasteiger partial charge in [0.25, 0.3) is 5.92 Å². The Labute approximate surface area is 118 Å². The number of halogens is 3. The molecule has 0 spiro atoms. The number of likely N-dealkylation sites (tertiary alicyclic amines) is 1. The van der Waals surface area contributed by atoms with Gasteiger partial charge in [-0.15, -0.1) is 24.0 Å². The molecule has 2 N–H and O–H groups in total. The largest absolute Gasteiger partial charge is 0.370 e. The minimum absolute atomic E-state index is 0.